The van der Waals surface area contributed by atoms with E-state index in [0.717, 1.165) is 24.6 Å². The molecule has 1 N–H and O–H groups in total. The van der Waals surface area contributed by atoms with Gasteiger partial charge < -0.3 is 5.32 Å². The average Bonchev–Trinajstić information content (AvgIpc) is 2.91. The second-order valence-corrected chi connectivity index (χ2v) is 4.71. The minimum Gasteiger partial charge on any atom is -0.377 e. The van der Waals surface area contributed by atoms with Gasteiger partial charge in [0.2, 0.25) is 0 Å². The Kier molecular flexibility index (Phi) is 4.71. The predicted molar refractivity (Wildman–Crippen MR) is 75.5 cm³/mol. The molecule has 1 aromatic carbocycles. The van der Waals surface area contributed by atoms with Crippen LogP contribution in [0.4, 0.5) is 14.5 Å². The molecule has 0 spiro atoms. The van der Waals surface area contributed by atoms with Crippen molar-refractivity contribution in [2.45, 2.75) is 39.3 Å². The summed E-state index contributed by atoms with van der Waals surface area (Å²) in [6.45, 7) is 4.61. The van der Waals surface area contributed by atoms with Gasteiger partial charge in [-0.1, -0.05) is 19.9 Å². The van der Waals surface area contributed by atoms with Crippen LogP contribution in [0.25, 0.3) is 0 Å². The second-order valence-electron chi connectivity index (χ2n) is 4.71. The summed E-state index contributed by atoms with van der Waals surface area (Å²) in [5.41, 5.74) is 0.961. The molecule has 3 nitrogen and oxygen atoms in total. The zero-order chi connectivity index (χ0) is 14.5. The first-order valence-corrected chi connectivity index (χ1v) is 6.87. The minimum atomic E-state index is -0.855. The van der Waals surface area contributed by atoms with Crippen molar-refractivity contribution in [2.24, 2.45) is 0 Å². The SMILES string of the molecule is CCC(CC)n1ccc(CNc2cccc(F)c2F)n1. The summed E-state index contributed by atoms with van der Waals surface area (Å²) in [6, 6.07) is 6.36. The molecule has 0 bridgehead atoms. The number of benzene rings is 1. The summed E-state index contributed by atoms with van der Waals surface area (Å²) >= 11 is 0. The van der Waals surface area contributed by atoms with Crippen molar-refractivity contribution in [3.63, 3.8) is 0 Å². The molecule has 0 atom stereocenters. The highest BCUT2D eigenvalue weighted by molar-refractivity contribution is 5.45. The van der Waals surface area contributed by atoms with Crippen LogP contribution in [0.2, 0.25) is 0 Å². The predicted octanol–water partition coefficient (Wildman–Crippen LogP) is 4.13. The molecule has 0 radical (unpaired) electrons. The van der Waals surface area contributed by atoms with Crippen LogP contribution >= 0.6 is 0 Å². The third-order valence-electron chi connectivity index (χ3n) is 3.39. The van der Waals surface area contributed by atoms with Gasteiger partial charge in [0.15, 0.2) is 11.6 Å². The zero-order valence-corrected chi connectivity index (χ0v) is 11.7. The van der Waals surface area contributed by atoms with Gasteiger partial charge in [-0.15, -0.1) is 0 Å². The van der Waals surface area contributed by atoms with Crippen LogP contribution in [0.1, 0.15) is 38.4 Å². The van der Waals surface area contributed by atoms with Crippen molar-refractivity contribution in [1.82, 2.24) is 9.78 Å². The Morgan fingerprint density at radius 3 is 2.65 bits per heavy atom. The van der Waals surface area contributed by atoms with E-state index in [1.165, 1.54) is 12.1 Å². The lowest BCUT2D eigenvalue weighted by Gasteiger charge is -2.12. The molecule has 0 saturated carbocycles. The molecule has 1 heterocycles. The summed E-state index contributed by atoms with van der Waals surface area (Å²) in [7, 11) is 0. The van der Waals surface area contributed by atoms with Gasteiger partial charge in [-0.25, -0.2) is 8.78 Å². The van der Waals surface area contributed by atoms with Gasteiger partial charge in [-0.2, -0.15) is 5.10 Å². The fourth-order valence-electron chi connectivity index (χ4n) is 2.16. The largest absolute Gasteiger partial charge is 0.377 e. The van der Waals surface area contributed by atoms with Crippen LogP contribution < -0.4 is 5.32 Å². The standard InChI is InChI=1S/C15H19F2N3/c1-3-12(4-2)20-9-8-11(19-20)10-18-14-7-5-6-13(16)15(14)17/h5-9,12,18H,3-4,10H2,1-2H3. The van der Waals surface area contributed by atoms with Gasteiger partial charge in [0.25, 0.3) is 0 Å². The van der Waals surface area contributed by atoms with Crippen molar-refractivity contribution in [2.75, 3.05) is 5.32 Å². The number of anilines is 1. The van der Waals surface area contributed by atoms with E-state index in [1.807, 2.05) is 16.9 Å². The molecule has 2 aromatic rings. The molecule has 20 heavy (non-hydrogen) atoms. The highest BCUT2D eigenvalue weighted by atomic mass is 19.2. The molecule has 108 valence electrons. The molecule has 0 aliphatic rings. The molecule has 5 heteroatoms. The lowest BCUT2D eigenvalue weighted by Crippen LogP contribution is -2.09. The molecule has 0 fully saturated rings. The van der Waals surface area contributed by atoms with Crippen LogP contribution in [0.3, 0.4) is 0 Å². The molecule has 0 aliphatic carbocycles. The normalized spacial score (nSPS) is 11.1. The van der Waals surface area contributed by atoms with Crippen LogP contribution in [0.15, 0.2) is 30.5 Å². The molecule has 0 unspecified atom stereocenters. The third kappa shape index (κ3) is 3.15. The zero-order valence-electron chi connectivity index (χ0n) is 11.7. The van der Waals surface area contributed by atoms with Gasteiger partial charge >= 0.3 is 0 Å². The lowest BCUT2D eigenvalue weighted by atomic mass is 10.2. The highest BCUT2D eigenvalue weighted by Gasteiger charge is 2.10. The third-order valence-corrected chi connectivity index (χ3v) is 3.39. The molecular formula is C15H19F2N3. The summed E-state index contributed by atoms with van der Waals surface area (Å²) in [4.78, 5) is 0. The lowest BCUT2D eigenvalue weighted by molar-refractivity contribution is 0.426. The van der Waals surface area contributed by atoms with Crippen molar-refractivity contribution in [3.8, 4) is 0 Å². The monoisotopic (exact) mass is 279 g/mol. The van der Waals surface area contributed by atoms with E-state index in [9.17, 15) is 8.78 Å². The van der Waals surface area contributed by atoms with Crippen LogP contribution in [-0.2, 0) is 6.54 Å². The average molecular weight is 279 g/mol. The number of rotatable bonds is 6. The fourth-order valence-corrected chi connectivity index (χ4v) is 2.16. The fraction of sp³-hybridized carbons (Fsp3) is 0.400. The van der Waals surface area contributed by atoms with Gasteiger partial charge in [0.05, 0.1) is 24.0 Å². The van der Waals surface area contributed by atoms with Crippen molar-refractivity contribution < 1.29 is 8.78 Å². The maximum Gasteiger partial charge on any atom is 0.181 e. The molecule has 0 aliphatic heterocycles. The number of hydrogen-bond donors (Lipinski definition) is 1. The summed E-state index contributed by atoms with van der Waals surface area (Å²) in [5.74, 6) is -1.70. The Bertz CT molecular complexity index is 562. The van der Waals surface area contributed by atoms with Crippen molar-refractivity contribution >= 4 is 5.69 Å². The van der Waals surface area contributed by atoms with E-state index in [4.69, 9.17) is 0 Å². The van der Waals surface area contributed by atoms with E-state index in [0.29, 0.717) is 12.6 Å². The first-order valence-electron chi connectivity index (χ1n) is 6.87. The number of nitrogens with zero attached hydrogens (tertiary/aromatic N) is 2. The molecule has 0 amide bonds. The Morgan fingerprint density at radius 2 is 1.95 bits per heavy atom. The Hall–Kier alpha value is -1.91. The Labute approximate surface area is 117 Å². The number of hydrogen-bond acceptors (Lipinski definition) is 2. The minimum absolute atomic E-state index is 0.155. The van der Waals surface area contributed by atoms with Crippen molar-refractivity contribution in [3.05, 3.63) is 47.8 Å². The van der Waals surface area contributed by atoms with E-state index < -0.39 is 11.6 Å². The molecular weight excluding hydrogens is 260 g/mol. The van der Waals surface area contributed by atoms with E-state index in [1.54, 1.807) is 0 Å². The number of halogens is 2. The first-order chi connectivity index (χ1) is 9.65. The van der Waals surface area contributed by atoms with Crippen LogP contribution in [-0.4, -0.2) is 9.78 Å². The maximum absolute atomic E-state index is 13.5. The molecule has 2 rings (SSSR count). The van der Waals surface area contributed by atoms with Gasteiger partial charge in [-0.05, 0) is 31.0 Å². The second kappa shape index (κ2) is 6.50. The number of aromatic nitrogens is 2. The van der Waals surface area contributed by atoms with Crippen molar-refractivity contribution in [1.29, 1.82) is 0 Å². The quantitative estimate of drug-likeness (QED) is 0.861. The Morgan fingerprint density at radius 1 is 1.20 bits per heavy atom. The molecule has 0 saturated heterocycles. The van der Waals surface area contributed by atoms with E-state index >= 15 is 0 Å². The van der Waals surface area contributed by atoms with E-state index in [-0.39, 0.29) is 5.69 Å². The first kappa shape index (κ1) is 14.5. The number of nitrogens with one attached hydrogen (secondary N) is 1. The molecule has 1 aromatic heterocycles. The highest BCUT2D eigenvalue weighted by Crippen LogP contribution is 2.18. The van der Waals surface area contributed by atoms with Gasteiger partial charge in [-0.3, -0.25) is 4.68 Å². The van der Waals surface area contributed by atoms with Crippen LogP contribution in [0, 0.1) is 11.6 Å². The maximum atomic E-state index is 13.5. The smallest absolute Gasteiger partial charge is 0.181 e. The van der Waals surface area contributed by atoms with Gasteiger partial charge in [0, 0.05) is 6.20 Å². The van der Waals surface area contributed by atoms with Crippen LogP contribution in [0.5, 0.6) is 0 Å². The van der Waals surface area contributed by atoms with E-state index in [2.05, 4.69) is 24.3 Å². The Balaban J connectivity index is 2.03. The van der Waals surface area contributed by atoms with Gasteiger partial charge in [0.1, 0.15) is 0 Å². The summed E-state index contributed by atoms with van der Waals surface area (Å²) < 4.78 is 28.5. The summed E-state index contributed by atoms with van der Waals surface area (Å²) in [5, 5.41) is 7.32. The summed E-state index contributed by atoms with van der Waals surface area (Å²) in [6.07, 6.45) is 3.96. The topological polar surface area (TPSA) is 29.9 Å².